The van der Waals surface area contributed by atoms with Gasteiger partial charge in [0, 0.05) is 31.1 Å². The third-order valence-corrected chi connectivity index (χ3v) is 8.10. The van der Waals surface area contributed by atoms with E-state index in [0.29, 0.717) is 24.5 Å². The molecule has 2 fully saturated rings. The lowest BCUT2D eigenvalue weighted by molar-refractivity contribution is -0.0605. The maximum Gasteiger partial charge on any atom is 0.246 e. The Kier molecular flexibility index (Phi) is 5.45. The summed E-state index contributed by atoms with van der Waals surface area (Å²) < 4.78 is 38.5. The second-order valence-electron chi connectivity index (χ2n) is 7.18. The molecule has 6 nitrogen and oxygen atoms in total. The van der Waals surface area contributed by atoms with Gasteiger partial charge in [0.05, 0.1) is 24.8 Å². The van der Waals surface area contributed by atoms with Crippen LogP contribution in [0.2, 0.25) is 5.02 Å². The van der Waals surface area contributed by atoms with Crippen LogP contribution in [0.15, 0.2) is 17.0 Å². The number of methoxy groups -OCH3 is 2. The Morgan fingerprint density at radius 2 is 1.96 bits per heavy atom. The Bertz CT molecular complexity index is 784. The predicted octanol–water partition coefficient (Wildman–Crippen LogP) is 2.92. The van der Waals surface area contributed by atoms with Crippen LogP contribution in [0.1, 0.15) is 32.6 Å². The van der Waals surface area contributed by atoms with Gasteiger partial charge in [-0.15, -0.1) is 0 Å². The van der Waals surface area contributed by atoms with Gasteiger partial charge in [-0.3, -0.25) is 0 Å². The van der Waals surface area contributed by atoms with Gasteiger partial charge in [-0.05, 0) is 25.2 Å². The number of sulfonamides is 1. The van der Waals surface area contributed by atoms with Gasteiger partial charge in [0.15, 0.2) is 0 Å². The Hall–Kier alpha value is -1.02. The second-order valence-corrected chi connectivity index (χ2v) is 9.49. The minimum atomic E-state index is -3.79. The molecule has 1 saturated carbocycles. The number of hydrogen-bond acceptors (Lipinski definition) is 5. The Morgan fingerprint density at radius 1 is 1.27 bits per heavy atom. The molecule has 8 heteroatoms. The maximum absolute atomic E-state index is 13.3. The van der Waals surface area contributed by atoms with Crippen molar-refractivity contribution in [2.45, 2.75) is 43.1 Å². The molecule has 3 atom stereocenters. The van der Waals surface area contributed by atoms with E-state index in [4.69, 9.17) is 21.1 Å². The van der Waals surface area contributed by atoms with Crippen molar-refractivity contribution in [1.82, 2.24) is 4.31 Å². The molecule has 0 unspecified atom stereocenters. The first-order valence-corrected chi connectivity index (χ1v) is 10.7. The summed E-state index contributed by atoms with van der Waals surface area (Å²) in [5.41, 5.74) is -0.783. The third-order valence-electron chi connectivity index (χ3n) is 5.95. The van der Waals surface area contributed by atoms with Crippen LogP contribution in [0.4, 0.5) is 0 Å². The summed E-state index contributed by atoms with van der Waals surface area (Å²) in [6.45, 7) is 2.71. The van der Waals surface area contributed by atoms with E-state index in [1.807, 2.05) is 6.92 Å². The van der Waals surface area contributed by atoms with Gasteiger partial charge in [0.2, 0.25) is 10.0 Å². The smallest absolute Gasteiger partial charge is 0.246 e. The van der Waals surface area contributed by atoms with Crippen molar-refractivity contribution in [3.05, 3.63) is 17.2 Å². The highest BCUT2D eigenvalue weighted by molar-refractivity contribution is 7.89. The van der Waals surface area contributed by atoms with Gasteiger partial charge in [0.25, 0.3) is 0 Å². The molecule has 2 aliphatic rings. The molecule has 0 bridgehead atoms. The average molecular weight is 404 g/mol. The minimum absolute atomic E-state index is 0.0313. The van der Waals surface area contributed by atoms with E-state index in [-0.39, 0.29) is 28.2 Å². The molecule has 146 valence electrons. The van der Waals surface area contributed by atoms with Crippen LogP contribution in [0.25, 0.3) is 0 Å². The van der Waals surface area contributed by atoms with E-state index >= 15 is 0 Å². The first-order valence-electron chi connectivity index (χ1n) is 8.91. The molecule has 1 heterocycles. The van der Waals surface area contributed by atoms with Crippen molar-refractivity contribution in [2.75, 3.05) is 27.3 Å². The third kappa shape index (κ3) is 3.19. The van der Waals surface area contributed by atoms with Crippen molar-refractivity contribution in [1.29, 1.82) is 0 Å². The van der Waals surface area contributed by atoms with E-state index in [2.05, 4.69) is 0 Å². The SMILES string of the molecule is CC[C@@]1(O)CCC[C@@H]2CN(S(=O)(=O)c3cc(OC)c(Cl)cc3OC)C[C@@H]21. The summed E-state index contributed by atoms with van der Waals surface area (Å²) >= 11 is 6.10. The molecule has 1 aromatic rings. The predicted molar refractivity (Wildman–Crippen MR) is 99.4 cm³/mol. The highest BCUT2D eigenvalue weighted by Gasteiger charge is 2.50. The van der Waals surface area contributed by atoms with E-state index in [1.165, 1.54) is 30.7 Å². The molecule has 1 aromatic carbocycles. The van der Waals surface area contributed by atoms with Crippen LogP contribution in [-0.2, 0) is 10.0 Å². The normalized spacial score (nSPS) is 29.4. The Balaban J connectivity index is 1.97. The highest BCUT2D eigenvalue weighted by atomic mass is 35.5. The van der Waals surface area contributed by atoms with Crippen LogP contribution in [0.3, 0.4) is 0 Å². The van der Waals surface area contributed by atoms with Gasteiger partial charge >= 0.3 is 0 Å². The van der Waals surface area contributed by atoms with E-state index in [1.54, 1.807) is 0 Å². The first-order chi connectivity index (χ1) is 12.3. The number of aliphatic hydroxyl groups is 1. The van der Waals surface area contributed by atoms with Crippen LogP contribution < -0.4 is 9.47 Å². The second kappa shape index (κ2) is 7.19. The van der Waals surface area contributed by atoms with Crippen LogP contribution in [0.5, 0.6) is 11.5 Å². The van der Waals surface area contributed by atoms with Gasteiger partial charge in [-0.25, -0.2) is 8.42 Å². The van der Waals surface area contributed by atoms with Crippen molar-refractivity contribution < 1.29 is 23.0 Å². The number of hydrogen-bond donors (Lipinski definition) is 1. The van der Waals surface area contributed by atoms with Crippen molar-refractivity contribution in [2.24, 2.45) is 11.8 Å². The quantitative estimate of drug-likeness (QED) is 0.818. The molecule has 0 spiro atoms. The molecule has 1 aliphatic heterocycles. The monoisotopic (exact) mass is 403 g/mol. The molecule has 3 rings (SSSR count). The summed E-state index contributed by atoms with van der Waals surface area (Å²) in [6, 6.07) is 2.86. The van der Waals surface area contributed by atoms with Gasteiger partial charge in [0.1, 0.15) is 16.4 Å². The number of nitrogens with zero attached hydrogens (tertiary/aromatic N) is 1. The molecule has 1 N–H and O–H groups in total. The highest BCUT2D eigenvalue weighted by Crippen LogP contribution is 2.46. The Morgan fingerprint density at radius 3 is 2.58 bits per heavy atom. The molecule has 0 aromatic heterocycles. The molecule has 1 aliphatic carbocycles. The molecular weight excluding hydrogens is 378 g/mol. The van der Waals surface area contributed by atoms with Crippen molar-refractivity contribution >= 4 is 21.6 Å². The van der Waals surface area contributed by atoms with Crippen LogP contribution in [-0.4, -0.2) is 50.7 Å². The fourth-order valence-electron chi connectivity index (χ4n) is 4.40. The van der Waals surface area contributed by atoms with E-state index in [9.17, 15) is 13.5 Å². The Labute approximate surface area is 160 Å². The summed E-state index contributed by atoms with van der Waals surface area (Å²) in [5, 5.41) is 11.2. The van der Waals surface area contributed by atoms with Crippen molar-refractivity contribution in [3.8, 4) is 11.5 Å². The number of halogens is 1. The van der Waals surface area contributed by atoms with Crippen LogP contribution >= 0.6 is 11.6 Å². The summed E-state index contributed by atoms with van der Waals surface area (Å²) in [7, 11) is -0.935. The zero-order chi connectivity index (χ0) is 19.1. The fourth-order valence-corrected chi connectivity index (χ4v) is 6.30. The molecule has 26 heavy (non-hydrogen) atoms. The first kappa shape index (κ1) is 19.7. The molecule has 0 radical (unpaired) electrons. The van der Waals surface area contributed by atoms with Crippen LogP contribution in [0, 0.1) is 11.8 Å². The number of fused-ring (bicyclic) bond motifs is 1. The van der Waals surface area contributed by atoms with Crippen molar-refractivity contribution in [3.63, 3.8) is 0 Å². The van der Waals surface area contributed by atoms with Gasteiger partial charge in [-0.2, -0.15) is 4.31 Å². The topological polar surface area (TPSA) is 76.1 Å². The molecular formula is C18H26ClNO5S. The zero-order valence-corrected chi connectivity index (χ0v) is 16.9. The average Bonchev–Trinajstić information content (AvgIpc) is 3.08. The van der Waals surface area contributed by atoms with Gasteiger partial charge < -0.3 is 14.6 Å². The fraction of sp³-hybridized carbons (Fsp3) is 0.667. The number of ether oxygens (including phenoxy) is 2. The summed E-state index contributed by atoms with van der Waals surface area (Å²) in [6.07, 6.45) is 3.24. The lowest BCUT2D eigenvalue weighted by atomic mass is 9.69. The van der Waals surface area contributed by atoms with E-state index in [0.717, 1.165) is 19.3 Å². The summed E-state index contributed by atoms with van der Waals surface area (Å²) in [4.78, 5) is 0.0416. The lowest BCUT2D eigenvalue weighted by Gasteiger charge is -2.40. The zero-order valence-electron chi connectivity index (χ0n) is 15.4. The maximum atomic E-state index is 13.3. The minimum Gasteiger partial charge on any atom is -0.495 e. The number of benzene rings is 1. The largest absolute Gasteiger partial charge is 0.495 e. The standard InChI is InChI=1S/C18H26ClNO5S/c1-4-18(21)7-5-6-12-10-20(11-13(12)18)26(22,23)17-9-15(24-2)14(19)8-16(17)25-3/h8-9,12-13,21H,4-7,10-11H2,1-3H3/t12-,13+,18-/m1/s1. The molecule has 1 saturated heterocycles. The molecule has 0 amide bonds. The summed E-state index contributed by atoms with van der Waals surface area (Å²) in [5.74, 6) is 0.629. The lowest BCUT2D eigenvalue weighted by Crippen LogP contribution is -2.44. The van der Waals surface area contributed by atoms with Gasteiger partial charge in [-0.1, -0.05) is 24.9 Å². The number of rotatable bonds is 5. The van der Waals surface area contributed by atoms with E-state index < -0.39 is 15.6 Å².